The van der Waals surface area contributed by atoms with Crippen molar-refractivity contribution in [1.82, 2.24) is 20.1 Å². The number of carbonyl (C=O) groups is 2. The Morgan fingerprint density at radius 1 is 1.20 bits per heavy atom. The molecule has 4 N–H and O–H groups in total. The lowest BCUT2D eigenvalue weighted by molar-refractivity contribution is -0.117. The number of pyridine rings is 1. The third-order valence-corrected chi connectivity index (χ3v) is 8.17. The quantitative estimate of drug-likeness (QED) is 0.221. The summed E-state index contributed by atoms with van der Waals surface area (Å²) in [6, 6.07) is 10.3. The van der Waals surface area contributed by atoms with Gasteiger partial charge in [-0.25, -0.2) is 13.8 Å². The zero-order valence-corrected chi connectivity index (χ0v) is 24.4. The summed E-state index contributed by atoms with van der Waals surface area (Å²) in [5, 5.41) is 20.0. The molecule has 12 heteroatoms. The van der Waals surface area contributed by atoms with Crippen LogP contribution in [0.5, 0.6) is 11.5 Å². The van der Waals surface area contributed by atoms with Gasteiger partial charge in [0.25, 0.3) is 5.91 Å². The maximum atomic E-state index is 16.1. The number of fused-ring (bicyclic) bond motifs is 1. The SMILES string of the molecule is CCOc1c(CC(N)=O)cc([C@@](O)(CNC(=O)c2cc(OC)c3nn(C4CC4)cc3c2)C2(F)CC2)nc1-c1ccc(F)cc1. The summed E-state index contributed by atoms with van der Waals surface area (Å²) in [5.74, 6) is -1.09. The van der Waals surface area contributed by atoms with Gasteiger partial charge in [-0.05, 0) is 75.1 Å². The van der Waals surface area contributed by atoms with Gasteiger partial charge in [-0.1, -0.05) is 0 Å². The predicted octanol–water partition coefficient (Wildman–Crippen LogP) is 4.13. The molecule has 2 fully saturated rings. The molecule has 6 rings (SSSR count). The number of nitrogens with zero attached hydrogens (tertiary/aromatic N) is 3. The Morgan fingerprint density at radius 3 is 2.55 bits per heavy atom. The minimum atomic E-state index is -2.28. The van der Waals surface area contributed by atoms with Crippen LogP contribution < -0.4 is 20.5 Å². The molecule has 0 saturated heterocycles. The van der Waals surface area contributed by atoms with Gasteiger partial charge in [-0.15, -0.1) is 0 Å². The number of amides is 2. The molecule has 1 atom stereocenters. The van der Waals surface area contributed by atoms with Gasteiger partial charge >= 0.3 is 0 Å². The van der Waals surface area contributed by atoms with Gasteiger partial charge in [0.2, 0.25) is 5.91 Å². The van der Waals surface area contributed by atoms with E-state index in [1.165, 1.54) is 37.4 Å². The van der Waals surface area contributed by atoms with Crippen LogP contribution in [-0.4, -0.2) is 57.6 Å². The number of halogens is 2. The number of methoxy groups -OCH3 is 1. The fourth-order valence-electron chi connectivity index (χ4n) is 5.47. The van der Waals surface area contributed by atoms with E-state index in [2.05, 4.69) is 15.4 Å². The molecule has 2 amide bonds. The standard InChI is InChI=1S/C32H33F2N5O5/c1-3-44-29-19(15-26(35)40)14-25(37-28(29)18-4-6-22(33)7-5-18)32(42,31(34)10-11-31)17-36-30(41)20-12-21-16-39(23-8-9-23)38-27(21)24(13-20)43-2/h4-7,12-14,16,23,42H,3,8-11,15,17H2,1-2H3,(H2,35,40)(H,36,41)/t32-/m0/s1. The zero-order chi connectivity index (χ0) is 31.2. The van der Waals surface area contributed by atoms with Crippen LogP contribution in [0.25, 0.3) is 22.2 Å². The molecule has 2 aliphatic carbocycles. The summed E-state index contributed by atoms with van der Waals surface area (Å²) >= 11 is 0. The van der Waals surface area contributed by atoms with Gasteiger partial charge in [0.05, 0.1) is 38.4 Å². The summed E-state index contributed by atoms with van der Waals surface area (Å²) in [5.41, 5.74) is 2.79. The number of hydrogen-bond acceptors (Lipinski definition) is 7. The zero-order valence-electron chi connectivity index (χ0n) is 24.4. The molecule has 0 spiro atoms. The Labute approximate surface area is 252 Å². The maximum absolute atomic E-state index is 16.1. The van der Waals surface area contributed by atoms with Crippen molar-refractivity contribution < 1.29 is 33.0 Å². The first-order chi connectivity index (χ1) is 21.0. The first-order valence-corrected chi connectivity index (χ1v) is 14.5. The Bertz CT molecular complexity index is 1750. The van der Waals surface area contributed by atoms with E-state index in [4.69, 9.17) is 15.2 Å². The van der Waals surface area contributed by atoms with Crippen molar-refractivity contribution in [1.29, 1.82) is 0 Å². The summed E-state index contributed by atoms with van der Waals surface area (Å²) < 4.78 is 43.1. The van der Waals surface area contributed by atoms with Gasteiger partial charge in [-0.2, -0.15) is 5.10 Å². The largest absolute Gasteiger partial charge is 0.494 e. The topological polar surface area (TPSA) is 142 Å². The minimum absolute atomic E-state index is 0.0332. The molecule has 230 valence electrons. The van der Waals surface area contributed by atoms with E-state index in [0.717, 1.165) is 12.8 Å². The molecule has 44 heavy (non-hydrogen) atoms. The van der Waals surface area contributed by atoms with E-state index in [1.807, 2.05) is 10.9 Å². The highest BCUT2D eigenvalue weighted by atomic mass is 19.1. The first kappa shape index (κ1) is 29.5. The first-order valence-electron chi connectivity index (χ1n) is 14.5. The second-order valence-corrected chi connectivity index (χ2v) is 11.4. The van der Waals surface area contributed by atoms with E-state index in [-0.39, 0.29) is 54.1 Å². The Morgan fingerprint density at radius 2 is 1.93 bits per heavy atom. The molecular formula is C32H33F2N5O5. The van der Waals surface area contributed by atoms with E-state index < -0.39 is 35.4 Å². The highest BCUT2D eigenvalue weighted by Crippen LogP contribution is 2.53. The van der Waals surface area contributed by atoms with E-state index in [9.17, 15) is 19.1 Å². The van der Waals surface area contributed by atoms with Crippen molar-refractivity contribution in [3.05, 3.63) is 71.3 Å². The van der Waals surface area contributed by atoms with Crippen LogP contribution in [-0.2, 0) is 16.8 Å². The summed E-state index contributed by atoms with van der Waals surface area (Å²) in [7, 11) is 1.49. The van der Waals surface area contributed by atoms with Crippen LogP contribution in [0.4, 0.5) is 8.78 Å². The fraction of sp³-hybridized carbons (Fsp3) is 0.375. The van der Waals surface area contributed by atoms with Crippen molar-refractivity contribution in [3.63, 3.8) is 0 Å². The fourth-order valence-corrected chi connectivity index (χ4v) is 5.47. The highest BCUT2D eigenvalue weighted by Gasteiger charge is 2.62. The number of nitrogens with two attached hydrogens (primary N) is 1. The van der Waals surface area contributed by atoms with Crippen LogP contribution >= 0.6 is 0 Å². The smallest absolute Gasteiger partial charge is 0.251 e. The molecule has 2 aromatic carbocycles. The van der Waals surface area contributed by atoms with Gasteiger partial charge in [0.15, 0.2) is 5.60 Å². The molecule has 0 radical (unpaired) electrons. The second-order valence-electron chi connectivity index (χ2n) is 11.4. The van der Waals surface area contributed by atoms with Crippen LogP contribution in [0.1, 0.15) is 60.3 Å². The van der Waals surface area contributed by atoms with Crippen LogP contribution in [0.2, 0.25) is 0 Å². The number of hydrogen-bond donors (Lipinski definition) is 3. The summed E-state index contributed by atoms with van der Waals surface area (Å²) in [6.07, 6.45) is 3.73. The van der Waals surface area contributed by atoms with Crippen molar-refractivity contribution in [3.8, 4) is 22.8 Å². The molecule has 2 saturated carbocycles. The van der Waals surface area contributed by atoms with Crippen molar-refractivity contribution in [2.24, 2.45) is 5.73 Å². The minimum Gasteiger partial charge on any atom is -0.494 e. The summed E-state index contributed by atoms with van der Waals surface area (Å²) in [4.78, 5) is 30.1. The lowest BCUT2D eigenvalue weighted by atomic mass is 9.88. The van der Waals surface area contributed by atoms with Crippen molar-refractivity contribution in [2.45, 2.75) is 56.3 Å². The lowest BCUT2D eigenvalue weighted by Crippen LogP contribution is -2.49. The molecule has 0 aliphatic heterocycles. The molecule has 2 heterocycles. The van der Waals surface area contributed by atoms with Crippen LogP contribution in [0, 0.1) is 5.82 Å². The Hall–Kier alpha value is -4.58. The number of primary amides is 1. The number of benzene rings is 2. The second kappa shape index (κ2) is 11.2. The number of aromatic nitrogens is 3. The number of nitrogens with one attached hydrogen (secondary N) is 1. The maximum Gasteiger partial charge on any atom is 0.251 e. The highest BCUT2D eigenvalue weighted by molar-refractivity contribution is 6.00. The van der Waals surface area contributed by atoms with Crippen LogP contribution in [0.3, 0.4) is 0 Å². The van der Waals surface area contributed by atoms with Gasteiger partial charge in [0, 0.05) is 28.3 Å². The van der Waals surface area contributed by atoms with Crippen molar-refractivity contribution >= 4 is 22.7 Å². The van der Waals surface area contributed by atoms with Crippen molar-refractivity contribution in [2.75, 3.05) is 20.3 Å². The molecular weight excluding hydrogens is 572 g/mol. The van der Waals surface area contributed by atoms with Gasteiger partial charge in [-0.3, -0.25) is 14.3 Å². The Kier molecular flexibility index (Phi) is 7.48. The van der Waals surface area contributed by atoms with Crippen LogP contribution in [0.15, 0.2) is 48.7 Å². The molecule has 2 aromatic heterocycles. The normalized spacial score (nSPS) is 16.8. The Balaban J connectivity index is 1.38. The number of ether oxygens (including phenoxy) is 2. The molecule has 0 unspecified atom stereocenters. The number of alkyl halides is 1. The average Bonchev–Trinajstić information content (AvgIpc) is 3.94. The molecule has 0 bridgehead atoms. The monoisotopic (exact) mass is 605 g/mol. The van der Waals surface area contributed by atoms with Gasteiger partial charge in [0.1, 0.15) is 34.2 Å². The molecule has 4 aromatic rings. The molecule has 2 aliphatic rings. The van der Waals surface area contributed by atoms with E-state index >= 15 is 4.39 Å². The number of rotatable bonds is 12. The van der Waals surface area contributed by atoms with E-state index in [0.29, 0.717) is 28.3 Å². The average molecular weight is 606 g/mol. The van der Waals surface area contributed by atoms with E-state index in [1.54, 1.807) is 19.1 Å². The van der Waals surface area contributed by atoms with Gasteiger partial charge < -0.3 is 25.6 Å². The lowest BCUT2D eigenvalue weighted by Gasteiger charge is -2.33. The summed E-state index contributed by atoms with van der Waals surface area (Å²) in [6.45, 7) is 1.43. The predicted molar refractivity (Wildman–Crippen MR) is 158 cm³/mol. The third kappa shape index (κ3) is 5.45. The third-order valence-electron chi connectivity index (χ3n) is 8.17. The molecule has 10 nitrogen and oxygen atoms in total. The number of aliphatic hydroxyl groups is 1. The number of carbonyl (C=O) groups excluding carboxylic acids is 2.